The third-order valence-electron chi connectivity index (χ3n) is 4.68. The molecule has 116 valence electrons. The summed E-state index contributed by atoms with van der Waals surface area (Å²) in [4.78, 5) is 14.4. The number of fused-ring (bicyclic) bond motifs is 2. The first kappa shape index (κ1) is 16.1. The van der Waals surface area contributed by atoms with Crippen molar-refractivity contribution >= 4 is 18.3 Å². The Labute approximate surface area is 132 Å². The number of hydrogen-bond donors (Lipinski definition) is 1. The molecule has 1 aromatic carbocycles. The molecule has 1 aliphatic carbocycles. The average molecular weight is 311 g/mol. The van der Waals surface area contributed by atoms with Crippen LogP contribution in [0.3, 0.4) is 0 Å². The van der Waals surface area contributed by atoms with E-state index >= 15 is 0 Å². The molecule has 1 aliphatic heterocycles. The van der Waals surface area contributed by atoms with Crippen LogP contribution in [-0.2, 0) is 10.2 Å². The molecule has 1 spiro atoms. The van der Waals surface area contributed by atoms with E-state index < -0.39 is 0 Å². The summed E-state index contributed by atoms with van der Waals surface area (Å²) in [6.07, 6.45) is 1.93. The van der Waals surface area contributed by atoms with Gasteiger partial charge in [-0.2, -0.15) is 0 Å². The van der Waals surface area contributed by atoms with E-state index in [0.29, 0.717) is 0 Å². The van der Waals surface area contributed by atoms with Gasteiger partial charge >= 0.3 is 0 Å². The number of halogens is 1. The largest absolute Gasteiger partial charge is 0.493 e. The summed E-state index contributed by atoms with van der Waals surface area (Å²) in [6, 6.07) is 8.17. The normalized spacial score (nSPS) is 25.5. The number of nitrogens with one attached hydrogen (secondary N) is 1. The van der Waals surface area contributed by atoms with Crippen LogP contribution in [0.25, 0.3) is 0 Å². The van der Waals surface area contributed by atoms with Crippen LogP contribution in [0.4, 0.5) is 0 Å². The SMILES string of the molecule is CNCCN(C)C(=O)C1CC12CCOc1ccccc12.Cl. The molecular weight excluding hydrogens is 288 g/mol. The summed E-state index contributed by atoms with van der Waals surface area (Å²) in [5.74, 6) is 1.37. The number of carbonyl (C=O) groups excluding carboxylic acids is 1. The Morgan fingerprint density at radius 1 is 1.48 bits per heavy atom. The van der Waals surface area contributed by atoms with E-state index in [2.05, 4.69) is 11.4 Å². The van der Waals surface area contributed by atoms with Crippen molar-refractivity contribution in [3.8, 4) is 5.75 Å². The molecule has 0 saturated heterocycles. The molecule has 21 heavy (non-hydrogen) atoms. The predicted molar refractivity (Wildman–Crippen MR) is 85.2 cm³/mol. The third kappa shape index (κ3) is 2.74. The third-order valence-corrected chi connectivity index (χ3v) is 4.68. The predicted octanol–water partition coefficient (Wildman–Crippen LogP) is 1.83. The number of ether oxygens (including phenoxy) is 1. The average Bonchev–Trinajstić information content (AvgIpc) is 3.19. The van der Waals surface area contributed by atoms with Crippen LogP contribution in [0.5, 0.6) is 5.75 Å². The molecule has 0 bridgehead atoms. The minimum absolute atomic E-state index is 0. The molecule has 2 unspecified atom stereocenters. The summed E-state index contributed by atoms with van der Waals surface area (Å²) >= 11 is 0. The van der Waals surface area contributed by atoms with E-state index in [1.165, 1.54) is 5.56 Å². The minimum atomic E-state index is 0. The molecular formula is C16H23ClN2O2. The first-order valence-corrected chi connectivity index (χ1v) is 7.31. The van der Waals surface area contributed by atoms with Crippen molar-refractivity contribution in [2.24, 2.45) is 5.92 Å². The van der Waals surface area contributed by atoms with Gasteiger partial charge in [0.2, 0.25) is 5.91 Å². The van der Waals surface area contributed by atoms with Crippen LogP contribution in [0.15, 0.2) is 24.3 Å². The molecule has 1 saturated carbocycles. The first-order valence-electron chi connectivity index (χ1n) is 7.31. The van der Waals surface area contributed by atoms with Crippen molar-refractivity contribution < 1.29 is 9.53 Å². The van der Waals surface area contributed by atoms with E-state index in [-0.39, 0.29) is 29.6 Å². The maximum atomic E-state index is 12.6. The molecule has 1 fully saturated rings. The Balaban J connectivity index is 0.00000161. The lowest BCUT2D eigenvalue weighted by Gasteiger charge is -2.27. The van der Waals surface area contributed by atoms with Crippen LogP contribution in [0.1, 0.15) is 18.4 Å². The van der Waals surface area contributed by atoms with E-state index in [4.69, 9.17) is 4.74 Å². The Kier molecular flexibility index (Phi) is 4.79. The highest BCUT2D eigenvalue weighted by atomic mass is 35.5. The van der Waals surface area contributed by atoms with Crippen molar-refractivity contribution in [1.82, 2.24) is 10.2 Å². The molecule has 3 rings (SSSR count). The molecule has 4 nitrogen and oxygen atoms in total. The lowest BCUT2D eigenvalue weighted by Crippen LogP contribution is -2.36. The fraction of sp³-hybridized carbons (Fsp3) is 0.562. The van der Waals surface area contributed by atoms with Crippen molar-refractivity contribution in [2.45, 2.75) is 18.3 Å². The van der Waals surface area contributed by atoms with Crippen molar-refractivity contribution in [3.05, 3.63) is 29.8 Å². The van der Waals surface area contributed by atoms with Crippen molar-refractivity contribution in [3.63, 3.8) is 0 Å². The van der Waals surface area contributed by atoms with Crippen LogP contribution >= 0.6 is 12.4 Å². The molecule has 1 aromatic rings. The maximum absolute atomic E-state index is 12.6. The number of rotatable bonds is 4. The number of hydrogen-bond acceptors (Lipinski definition) is 3. The zero-order valence-corrected chi connectivity index (χ0v) is 13.4. The molecule has 1 amide bonds. The van der Waals surface area contributed by atoms with Crippen LogP contribution in [0, 0.1) is 5.92 Å². The van der Waals surface area contributed by atoms with E-state index in [9.17, 15) is 4.79 Å². The monoisotopic (exact) mass is 310 g/mol. The van der Waals surface area contributed by atoms with Gasteiger partial charge in [0, 0.05) is 37.0 Å². The molecule has 2 atom stereocenters. The number of likely N-dealkylation sites (N-methyl/N-ethyl adjacent to an activating group) is 2. The first-order chi connectivity index (χ1) is 9.69. The molecule has 0 radical (unpaired) electrons. The topological polar surface area (TPSA) is 41.6 Å². The van der Waals surface area contributed by atoms with Gasteiger partial charge < -0.3 is 15.0 Å². The van der Waals surface area contributed by atoms with Crippen LogP contribution in [0.2, 0.25) is 0 Å². The number of amides is 1. The van der Waals surface area contributed by atoms with Crippen LogP contribution < -0.4 is 10.1 Å². The zero-order valence-electron chi connectivity index (χ0n) is 12.6. The highest BCUT2D eigenvalue weighted by molar-refractivity contribution is 5.85. The highest BCUT2D eigenvalue weighted by Crippen LogP contribution is 2.61. The fourth-order valence-electron chi connectivity index (χ4n) is 3.34. The zero-order chi connectivity index (χ0) is 14.2. The smallest absolute Gasteiger partial charge is 0.226 e. The Hall–Kier alpha value is -1.26. The van der Waals surface area contributed by atoms with E-state index in [0.717, 1.165) is 38.3 Å². The molecule has 0 aromatic heterocycles. The summed E-state index contributed by atoms with van der Waals surface area (Å²) in [6.45, 7) is 2.32. The van der Waals surface area contributed by atoms with Crippen molar-refractivity contribution in [2.75, 3.05) is 33.8 Å². The van der Waals surface area contributed by atoms with Gasteiger partial charge in [0.25, 0.3) is 0 Å². The molecule has 1 heterocycles. The summed E-state index contributed by atoms with van der Waals surface area (Å²) in [5, 5.41) is 3.09. The van der Waals surface area contributed by atoms with Crippen LogP contribution in [-0.4, -0.2) is 44.6 Å². The second-order valence-electron chi connectivity index (χ2n) is 5.87. The quantitative estimate of drug-likeness (QED) is 0.922. The summed E-state index contributed by atoms with van der Waals surface area (Å²) in [5.41, 5.74) is 1.27. The second-order valence-corrected chi connectivity index (χ2v) is 5.87. The number of benzene rings is 1. The van der Waals surface area contributed by atoms with Gasteiger partial charge in [-0.15, -0.1) is 12.4 Å². The Morgan fingerprint density at radius 2 is 2.24 bits per heavy atom. The summed E-state index contributed by atoms with van der Waals surface area (Å²) in [7, 11) is 3.81. The summed E-state index contributed by atoms with van der Waals surface area (Å²) < 4.78 is 5.72. The standard InChI is InChI=1S/C16H22N2O2.ClH/c1-17-8-9-18(2)15(19)13-11-16(13)7-10-20-14-6-4-3-5-12(14)16;/h3-6,13,17H,7-11H2,1-2H3;1H. The maximum Gasteiger partial charge on any atom is 0.226 e. The second kappa shape index (κ2) is 6.24. The van der Waals surface area contributed by atoms with Gasteiger partial charge in [-0.05, 0) is 26.0 Å². The lowest BCUT2D eigenvalue weighted by atomic mass is 9.87. The van der Waals surface area contributed by atoms with Crippen molar-refractivity contribution in [1.29, 1.82) is 0 Å². The highest BCUT2D eigenvalue weighted by Gasteiger charge is 2.61. The fourth-order valence-corrected chi connectivity index (χ4v) is 3.34. The number of para-hydroxylation sites is 1. The number of nitrogens with zero attached hydrogens (tertiary/aromatic N) is 1. The van der Waals surface area contributed by atoms with Gasteiger partial charge in [-0.3, -0.25) is 4.79 Å². The van der Waals surface area contributed by atoms with Gasteiger partial charge in [0.1, 0.15) is 5.75 Å². The Morgan fingerprint density at radius 3 is 3.00 bits per heavy atom. The molecule has 1 N–H and O–H groups in total. The lowest BCUT2D eigenvalue weighted by molar-refractivity contribution is -0.131. The van der Waals surface area contributed by atoms with Gasteiger partial charge in [-0.25, -0.2) is 0 Å². The van der Waals surface area contributed by atoms with Gasteiger partial charge in [0.15, 0.2) is 0 Å². The molecule has 2 aliphatic rings. The van der Waals surface area contributed by atoms with E-state index in [1.54, 1.807) is 0 Å². The Bertz CT molecular complexity index is 523. The van der Waals surface area contributed by atoms with Gasteiger partial charge in [0.05, 0.1) is 6.61 Å². The van der Waals surface area contributed by atoms with Gasteiger partial charge in [-0.1, -0.05) is 18.2 Å². The minimum Gasteiger partial charge on any atom is -0.493 e. The molecule has 5 heteroatoms. The van der Waals surface area contributed by atoms with E-state index in [1.807, 2.05) is 37.2 Å². The number of carbonyl (C=O) groups is 1.